The first-order valence-electron chi connectivity index (χ1n) is 10.3. The molecule has 0 heterocycles. The van der Waals surface area contributed by atoms with E-state index in [9.17, 15) is 0 Å². The van der Waals surface area contributed by atoms with E-state index in [1.54, 1.807) is 9.83 Å². The van der Waals surface area contributed by atoms with Crippen LogP contribution in [0.1, 0.15) is 54.4 Å². The quantitative estimate of drug-likeness (QED) is 0.343. The second-order valence-corrected chi connectivity index (χ2v) is 47.3. The molecule has 2 aliphatic rings. The molecule has 0 atom stereocenters. The third kappa shape index (κ3) is 5.00. The van der Waals surface area contributed by atoms with Crippen LogP contribution in [0.25, 0.3) is 0 Å². The number of hydrogen-bond acceptors (Lipinski definition) is 0. The molecule has 0 aliphatic heterocycles. The Kier molecular flexibility index (Phi) is 8.42. The summed E-state index contributed by atoms with van der Waals surface area (Å²) < 4.78 is 7.93. The van der Waals surface area contributed by atoms with E-state index in [1.165, 1.54) is 23.3 Å². The van der Waals surface area contributed by atoms with E-state index in [0.717, 1.165) is 12.8 Å². The number of benzene rings is 1. The molecule has 0 N–H and O–H groups in total. The molecular formula is C25H38Cl2GeZr. The molecule has 160 valence electrons. The normalized spacial score (nSPS) is 17.5. The van der Waals surface area contributed by atoms with Crippen LogP contribution in [0.4, 0.5) is 0 Å². The van der Waals surface area contributed by atoms with Gasteiger partial charge in [-0.1, -0.05) is 0 Å². The largest absolute Gasteiger partial charge is 0.147 e. The first-order chi connectivity index (χ1) is 12.3. The number of hydrogen-bond donors (Lipinski definition) is 0. The van der Waals surface area contributed by atoms with E-state index in [-0.39, 0.29) is 35.6 Å². The molecule has 0 aromatic heterocycles. The van der Waals surface area contributed by atoms with Crippen LogP contribution in [0.5, 0.6) is 0 Å². The summed E-state index contributed by atoms with van der Waals surface area (Å²) in [5, 5.41) is 0. The van der Waals surface area contributed by atoms with Gasteiger partial charge in [-0.05, 0) is 0 Å². The molecule has 0 spiro atoms. The average molecular weight is 573 g/mol. The first kappa shape index (κ1) is 27.2. The van der Waals surface area contributed by atoms with Gasteiger partial charge in [0.2, 0.25) is 0 Å². The molecule has 0 radical (unpaired) electrons. The van der Waals surface area contributed by atoms with Gasteiger partial charge in [0.15, 0.2) is 0 Å². The summed E-state index contributed by atoms with van der Waals surface area (Å²) in [7, 11) is 0. The van der Waals surface area contributed by atoms with Crippen molar-refractivity contribution in [1.29, 1.82) is 0 Å². The topological polar surface area (TPSA) is 0 Å². The van der Waals surface area contributed by atoms with Gasteiger partial charge in [-0.2, -0.15) is 0 Å². The van der Waals surface area contributed by atoms with Gasteiger partial charge >= 0.3 is 173 Å². The molecule has 0 saturated carbocycles. The fourth-order valence-electron chi connectivity index (χ4n) is 4.51. The van der Waals surface area contributed by atoms with Crippen molar-refractivity contribution in [3.63, 3.8) is 0 Å². The van der Waals surface area contributed by atoms with Gasteiger partial charge in [0.05, 0.1) is 0 Å². The second kappa shape index (κ2) is 8.97. The molecule has 1 aromatic carbocycles. The van der Waals surface area contributed by atoms with Gasteiger partial charge in [-0.3, -0.25) is 0 Å². The van der Waals surface area contributed by atoms with Crippen molar-refractivity contribution in [3.05, 3.63) is 72.3 Å². The average Bonchev–Trinajstić information content (AvgIpc) is 3.25. The molecule has 0 fully saturated rings. The van der Waals surface area contributed by atoms with Crippen molar-refractivity contribution < 1.29 is 15.7 Å². The van der Waals surface area contributed by atoms with Crippen molar-refractivity contribution in [2.45, 2.75) is 59.0 Å². The third-order valence-electron chi connectivity index (χ3n) is 6.77. The van der Waals surface area contributed by atoms with Crippen molar-refractivity contribution in [2.75, 3.05) is 0 Å². The maximum absolute atomic E-state index is 3.40. The second-order valence-electron chi connectivity index (χ2n) is 10.9. The minimum atomic E-state index is -3.40. The molecule has 0 bridgehead atoms. The first-order valence-corrected chi connectivity index (χ1v) is 26.9. The van der Waals surface area contributed by atoms with Crippen LogP contribution in [-0.2, 0) is 15.7 Å². The van der Waals surface area contributed by atoms with Crippen molar-refractivity contribution >= 4 is 40.2 Å². The van der Waals surface area contributed by atoms with E-state index in [0.29, 0.717) is 0 Å². The van der Waals surface area contributed by atoms with E-state index in [2.05, 4.69) is 101 Å². The Hall–Kier alpha value is 0.186. The Morgan fingerprint density at radius 2 is 1.10 bits per heavy atom. The van der Waals surface area contributed by atoms with Crippen LogP contribution in [-0.4, -0.2) is 12.1 Å². The van der Waals surface area contributed by atoms with Crippen molar-refractivity contribution in [3.8, 4) is 0 Å². The molecule has 29 heavy (non-hydrogen) atoms. The minimum Gasteiger partial charge on any atom is -0.147 e. The van der Waals surface area contributed by atoms with Gasteiger partial charge < -0.3 is 0 Å². The zero-order chi connectivity index (χ0) is 20.1. The van der Waals surface area contributed by atoms with E-state index >= 15 is 0 Å². The Bertz CT molecular complexity index is 897. The molecule has 0 unspecified atom stereocenters. The van der Waals surface area contributed by atoms with Crippen LogP contribution in [0.3, 0.4) is 0 Å². The standard InChI is InChI=1S/2C9H13.C6H5.CH3.2ClH.GeH2.Zr/c2*1-9(2,3)8-6-4-5-7-8;1-2-4-6-5-3-1;;;;;/h2*6-7H,4H2,1-3H3;1-5H;1H3;2*1H;1H2;. The van der Waals surface area contributed by atoms with E-state index in [1.807, 2.05) is 0 Å². The molecule has 2 aliphatic carbocycles. The predicted molar refractivity (Wildman–Crippen MR) is 135 cm³/mol. The van der Waals surface area contributed by atoms with E-state index in [4.69, 9.17) is 0 Å². The summed E-state index contributed by atoms with van der Waals surface area (Å²) in [4.78, 5) is 0. The van der Waals surface area contributed by atoms with Gasteiger partial charge in [0.25, 0.3) is 0 Å². The van der Waals surface area contributed by atoms with Crippen LogP contribution in [0.2, 0.25) is 4.63 Å². The number of rotatable bonds is 3. The number of allylic oxidation sites excluding steroid dienone is 8. The van der Waals surface area contributed by atoms with Gasteiger partial charge in [0.1, 0.15) is 0 Å². The Balaban J connectivity index is 0.00000210. The van der Waals surface area contributed by atoms with Crippen molar-refractivity contribution in [2.24, 2.45) is 10.8 Å². The number of halogens is 2. The molecule has 1 aromatic rings. The maximum Gasteiger partial charge on any atom is -0.147 e. The zero-order valence-electron chi connectivity index (χ0n) is 19.1. The SMILES string of the molecule is CC(C)(C)C1=CC[C]([Zr]([CH3])(=[GeH2])([C]2=CC(C(C)(C)C)=CC2)[c]2ccccc2)=C1.Cl.Cl. The van der Waals surface area contributed by atoms with Crippen LogP contribution in [0.15, 0.2) is 72.3 Å². The summed E-state index contributed by atoms with van der Waals surface area (Å²) in [6.07, 6.45) is 12.6. The summed E-state index contributed by atoms with van der Waals surface area (Å²) >= 11 is -1.99. The van der Waals surface area contributed by atoms with Gasteiger partial charge in [0, 0.05) is 0 Å². The molecule has 0 saturated heterocycles. The maximum atomic E-state index is 2.72. The Morgan fingerprint density at radius 1 is 0.724 bits per heavy atom. The zero-order valence-corrected chi connectivity index (χ0v) is 26.2. The Labute approximate surface area is 196 Å². The van der Waals surface area contributed by atoms with Gasteiger partial charge in [-0.15, -0.1) is 24.8 Å². The summed E-state index contributed by atoms with van der Waals surface area (Å²) in [5.74, 6) is 0. The molecular weight excluding hydrogens is 535 g/mol. The smallest absolute Gasteiger partial charge is 0.147 e. The third-order valence-corrected chi connectivity index (χ3v) is 38.0. The predicted octanol–water partition coefficient (Wildman–Crippen LogP) is 6.96. The van der Waals surface area contributed by atoms with Gasteiger partial charge in [-0.25, -0.2) is 0 Å². The fourth-order valence-corrected chi connectivity index (χ4v) is 25.0. The minimum absolute atomic E-state index is 0. The fraction of sp³-hybridized carbons (Fsp3) is 0.440. The van der Waals surface area contributed by atoms with Crippen LogP contribution >= 0.6 is 24.8 Å². The van der Waals surface area contributed by atoms with Crippen LogP contribution < -0.4 is 3.27 Å². The summed E-state index contributed by atoms with van der Waals surface area (Å²) in [6.45, 7) is 14.1. The summed E-state index contributed by atoms with van der Waals surface area (Å²) in [5.41, 5.74) is 3.54. The Morgan fingerprint density at radius 3 is 1.41 bits per heavy atom. The summed E-state index contributed by atoms with van der Waals surface area (Å²) in [6, 6.07) is 11.5. The monoisotopic (exact) mass is 572 g/mol. The van der Waals surface area contributed by atoms with E-state index < -0.39 is 15.7 Å². The van der Waals surface area contributed by atoms with Crippen molar-refractivity contribution in [1.82, 2.24) is 0 Å². The van der Waals surface area contributed by atoms with Crippen LogP contribution in [0, 0.1) is 10.8 Å². The molecule has 3 rings (SSSR count). The molecule has 0 amide bonds. The molecule has 0 nitrogen and oxygen atoms in total. The molecule has 4 heteroatoms.